The molecule has 1 amide bonds. The van der Waals surface area contributed by atoms with Crippen molar-refractivity contribution in [2.24, 2.45) is 0 Å². The van der Waals surface area contributed by atoms with Crippen LogP contribution in [0.3, 0.4) is 0 Å². The number of carbonyl (C=O) groups excluding carboxylic acids is 1. The third-order valence-electron chi connectivity index (χ3n) is 4.69. The third-order valence-corrected chi connectivity index (χ3v) is 5.81. The molecule has 0 heterocycles. The zero-order valence-corrected chi connectivity index (χ0v) is 19.5. The average Bonchev–Trinajstić information content (AvgIpc) is 2.62. The van der Waals surface area contributed by atoms with Gasteiger partial charge in [0.1, 0.15) is 18.9 Å². The van der Waals surface area contributed by atoms with Crippen molar-refractivity contribution in [3.8, 4) is 5.75 Å². The molecule has 7 heteroatoms. The number of nitrogens with one attached hydrogen (secondary N) is 1. The van der Waals surface area contributed by atoms with E-state index >= 15 is 0 Å². The SMILES string of the molecule is Cc1ccc(N(CC(=O)NCCOc2ccccc2C(C)(C)C)S(C)(=O)=O)c(C)c1. The van der Waals surface area contributed by atoms with E-state index in [1.807, 2.05) is 50.2 Å². The summed E-state index contributed by atoms with van der Waals surface area (Å²) in [5.74, 6) is 0.403. The number of hydrogen-bond donors (Lipinski definition) is 1. The van der Waals surface area contributed by atoms with Gasteiger partial charge < -0.3 is 10.1 Å². The van der Waals surface area contributed by atoms with Gasteiger partial charge in [-0.05, 0) is 42.5 Å². The standard InChI is InChI=1S/C23H32N2O4S/c1-17-11-12-20(18(2)15-17)25(30(6,27)28)16-22(26)24-13-14-29-21-10-8-7-9-19(21)23(3,4)5/h7-12,15H,13-14,16H2,1-6H3,(H,24,26). The first-order chi connectivity index (χ1) is 13.9. The van der Waals surface area contributed by atoms with Crippen LogP contribution in [-0.2, 0) is 20.2 Å². The van der Waals surface area contributed by atoms with Gasteiger partial charge in [0.2, 0.25) is 15.9 Å². The lowest BCUT2D eigenvalue weighted by molar-refractivity contribution is -0.119. The van der Waals surface area contributed by atoms with Crippen LogP contribution < -0.4 is 14.4 Å². The lowest BCUT2D eigenvalue weighted by Gasteiger charge is -2.24. The summed E-state index contributed by atoms with van der Waals surface area (Å²) < 4.78 is 31.5. The second-order valence-electron chi connectivity index (χ2n) is 8.50. The first-order valence-electron chi connectivity index (χ1n) is 9.93. The Labute approximate surface area is 180 Å². The quantitative estimate of drug-likeness (QED) is 0.647. The maximum atomic E-state index is 12.4. The predicted octanol–water partition coefficient (Wildman–Crippen LogP) is 3.56. The van der Waals surface area contributed by atoms with Gasteiger partial charge in [-0.2, -0.15) is 0 Å². The van der Waals surface area contributed by atoms with E-state index in [1.54, 1.807) is 6.07 Å². The topological polar surface area (TPSA) is 75.7 Å². The molecule has 0 unspecified atom stereocenters. The number of sulfonamides is 1. The molecular weight excluding hydrogens is 400 g/mol. The van der Waals surface area contributed by atoms with Crippen molar-refractivity contribution in [3.05, 3.63) is 59.2 Å². The molecule has 0 bridgehead atoms. The smallest absolute Gasteiger partial charge is 0.240 e. The molecule has 0 saturated heterocycles. The zero-order chi connectivity index (χ0) is 22.5. The van der Waals surface area contributed by atoms with Gasteiger partial charge >= 0.3 is 0 Å². The number of benzene rings is 2. The lowest BCUT2D eigenvalue weighted by Crippen LogP contribution is -2.41. The molecule has 2 aromatic rings. The van der Waals surface area contributed by atoms with Crippen molar-refractivity contribution in [1.82, 2.24) is 5.32 Å². The van der Waals surface area contributed by atoms with Crippen molar-refractivity contribution >= 4 is 21.6 Å². The molecule has 0 aliphatic heterocycles. The molecule has 164 valence electrons. The highest BCUT2D eigenvalue weighted by atomic mass is 32.2. The van der Waals surface area contributed by atoms with Crippen LogP contribution in [0.4, 0.5) is 5.69 Å². The summed E-state index contributed by atoms with van der Waals surface area (Å²) in [6, 6.07) is 13.3. The van der Waals surface area contributed by atoms with Crippen LogP contribution in [0.2, 0.25) is 0 Å². The Kier molecular flexibility index (Phi) is 7.53. The summed E-state index contributed by atoms with van der Waals surface area (Å²) in [7, 11) is -3.60. The molecule has 2 rings (SSSR count). The summed E-state index contributed by atoms with van der Waals surface area (Å²) in [4.78, 5) is 12.4. The number of ether oxygens (including phenoxy) is 1. The van der Waals surface area contributed by atoms with Crippen LogP contribution in [0.1, 0.15) is 37.5 Å². The average molecular weight is 433 g/mol. The normalized spacial score (nSPS) is 11.8. The van der Waals surface area contributed by atoms with Gasteiger partial charge in [0.25, 0.3) is 0 Å². The Morgan fingerprint density at radius 3 is 2.37 bits per heavy atom. The van der Waals surface area contributed by atoms with Crippen LogP contribution in [0.15, 0.2) is 42.5 Å². The summed E-state index contributed by atoms with van der Waals surface area (Å²) in [5, 5.41) is 2.74. The monoisotopic (exact) mass is 432 g/mol. The van der Waals surface area contributed by atoms with Gasteiger partial charge in [-0.1, -0.05) is 56.7 Å². The molecule has 0 radical (unpaired) electrons. The van der Waals surface area contributed by atoms with Gasteiger partial charge in [0.05, 0.1) is 18.5 Å². The number of nitrogens with zero attached hydrogens (tertiary/aromatic N) is 1. The van der Waals surface area contributed by atoms with E-state index in [-0.39, 0.29) is 24.4 Å². The molecule has 0 saturated carbocycles. The number of aryl methyl sites for hydroxylation is 2. The van der Waals surface area contributed by atoms with E-state index in [0.717, 1.165) is 33.0 Å². The number of amides is 1. The third kappa shape index (κ3) is 6.49. The molecule has 0 fully saturated rings. The van der Waals surface area contributed by atoms with Crippen molar-refractivity contribution in [1.29, 1.82) is 0 Å². The van der Waals surface area contributed by atoms with Gasteiger partial charge in [-0.25, -0.2) is 8.42 Å². The van der Waals surface area contributed by atoms with Crippen LogP contribution in [-0.4, -0.2) is 40.3 Å². The van der Waals surface area contributed by atoms with Gasteiger partial charge in [0.15, 0.2) is 0 Å². The summed E-state index contributed by atoms with van der Waals surface area (Å²) in [6.07, 6.45) is 1.10. The summed E-state index contributed by atoms with van der Waals surface area (Å²) in [6.45, 7) is 10.4. The second-order valence-corrected chi connectivity index (χ2v) is 10.4. The number of rotatable bonds is 8. The highest BCUT2D eigenvalue weighted by molar-refractivity contribution is 7.92. The Balaban J connectivity index is 1.98. The molecule has 0 aliphatic carbocycles. The summed E-state index contributed by atoms with van der Waals surface area (Å²) in [5.41, 5.74) is 3.38. The fraction of sp³-hybridized carbons (Fsp3) is 0.435. The van der Waals surface area contributed by atoms with Gasteiger partial charge in [-0.15, -0.1) is 0 Å². The molecule has 6 nitrogen and oxygen atoms in total. The first kappa shape index (κ1) is 23.7. The van der Waals surface area contributed by atoms with Crippen LogP contribution in [0.25, 0.3) is 0 Å². The fourth-order valence-electron chi connectivity index (χ4n) is 3.22. The Morgan fingerprint density at radius 1 is 1.10 bits per heavy atom. The van der Waals surface area contributed by atoms with E-state index in [2.05, 4.69) is 26.1 Å². The zero-order valence-electron chi connectivity index (χ0n) is 18.7. The molecular formula is C23H32N2O4S. The molecule has 0 spiro atoms. The molecule has 2 aromatic carbocycles. The van der Waals surface area contributed by atoms with Crippen LogP contribution in [0.5, 0.6) is 5.75 Å². The Bertz CT molecular complexity index is 995. The largest absolute Gasteiger partial charge is 0.491 e. The molecule has 0 atom stereocenters. The van der Waals surface area contributed by atoms with E-state index in [4.69, 9.17) is 4.74 Å². The van der Waals surface area contributed by atoms with Crippen molar-refractivity contribution in [2.75, 3.05) is 30.3 Å². The highest BCUT2D eigenvalue weighted by Gasteiger charge is 2.22. The van der Waals surface area contributed by atoms with E-state index in [0.29, 0.717) is 12.3 Å². The van der Waals surface area contributed by atoms with E-state index in [9.17, 15) is 13.2 Å². The van der Waals surface area contributed by atoms with Gasteiger partial charge in [-0.3, -0.25) is 9.10 Å². The lowest BCUT2D eigenvalue weighted by atomic mass is 9.86. The van der Waals surface area contributed by atoms with Crippen LogP contribution in [0, 0.1) is 13.8 Å². The van der Waals surface area contributed by atoms with Gasteiger partial charge in [0, 0.05) is 0 Å². The van der Waals surface area contributed by atoms with Crippen molar-refractivity contribution in [3.63, 3.8) is 0 Å². The predicted molar refractivity (Wildman–Crippen MR) is 122 cm³/mol. The first-order valence-corrected chi connectivity index (χ1v) is 11.8. The number of anilines is 1. The number of hydrogen-bond acceptors (Lipinski definition) is 4. The molecule has 0 aliphatic rings. The molecule has 30 heavy (non-hydrogen) atoms. The molecule has 1 N–H and O–H groups in total. The number of para-hydroxylation sites is 1. The second kappa shape index (κ2) is 9.51. The maximum absolute atomic E-state index is 12.4. The van der Waals surface area contributed by atoms with Crippen LogP contribution >= 0.6 is 0 Å². The molecule has 0 aromatic heterocycles. The fourth-order valence-corrected chi connectivity index (χ4v) is 4.13. The Morgan fingerprint density at radius 2 is 1.77 bits per heavy atom. The van der Waals surface area contributed by atoms with Crippen molar-refractivity contribution < 1.29 is 17.9 Å². The minimum atomic E-state index is -3.60. The van der Waals surface area contributed by atoms with E-state index in [1.165, 1.54) is 0 Å². The van der Waals surface area contributed by atoms with Crippen molar-refractivity contribution in [2.45, 2.75) is 40.0 Å². The Hall–Kier alpha value is -2.54. The summed E-state index contributed by atoms with van der Waals surface area (Å²) >= 11 is 0. The highest BCUT2D eigenvalue weighted by Crippen LogP contribution is 2.30. The maximum Gasteiger partial charge on any atom is 0.240 e. The van der Waals surface area contributed by atoms with E-state index < -0.39 is 10.0 Å². The number of carbonyl (C=O) groups is 1. The minimum Gasteiger partial charge on any atom is -0.491 e. The minimum absolute atomic E-state index is 0.0538.